The third kappa shape index (κ3) is 2.66. The molecule has 0 saturated carbocycles. The van der Waals surface area contributed by atoms with Crippen molar-refractivity contribution in [2.24, 2.45) is 0 Å². The molecule has 2 rings (SSSR count). The van der Waals surface area contributed by atoms with Gasteiger partial charge in [0.15, 0.2) is 5.82 Å². The van der Waals surface area contributed by atoms with E-state index in [0.29, 0.717) is 17.5 Å². The van der Waals surface area contributed by atoms with Crippen LogP contribution in [0.3, 0.4) is 0 Å². The van der Waals surface area contributed by atoms with E-state index in [-0.39, 0.29) is 0 Å². The highest BCUT2D eigenvalue weighted by Crippen LogP contribution is 2.20. The van der Waals surface area contributed by atoms with Crippen LogP contribution in [0.4, 0.5) is 0 Å². The van der Waals surface area contributed by atoms with Gasteiger partial charge in [-0.3, -0.25) is 4.68 Å². The van der Waals surface area contributed by atoms with Gasteiger partial charge in [0.05, 0.1) is 15.9 Å². The fraction of sp³-hybridized carbons (Fsp3) is 0.364. The van der Waals surface area contributed by atoms with Crippen molar-refractivity contribution in [1.29, 1.82) is 0 Å². The molecule has 6 heteroatoms. The number of hydrogen-bond acceptors (Lipinski definition) is 3. The fourth-order valence-electron chi connectivity index (χ4n) is 1.62. The molecule has 0 N–H and O–H groups in total. The lowest BCUT2D eigenvalue weighted by Gasteiger charge is -2.04. The highest BCUT2D eigenvalue weighted by atomic mass is 79.9. The van der Waals surface area contributed by atoms with Crippen molar-refractivity contribution in [3.05, 3.63) is 38.6 Å². The SMILES string of the molecule is Cc1cc(Cl)nc(Cn2nc(C)c(Br)c2C)n1. The number of halogens is 2. The van der Waals surface area contributed by atoms with Crippen LogP contribution in [-0.2, 0) is 6.54 Å². The predicted molar refractivity (Wildman–Crippen MR) is 70.3 cm³/mol. The summed E-state index contributed by atoms with van der Waals surface area (Å²) in [4.78, 5) is 8.53. The Bertz CT molecular complexity index is 545. The molecule has 0 fully saturated rings. The first-order valence-electron chi connectivity index (χ1n) is 5.17. The largest absolute Gasteiger partial charge is 0.261 e. The summed E-state index contributed by atoms with van der Waals surface area (Å²) < 4.78 is 2.89. The molecule has 0 atom stereocenters. The minimum atomic E-state index is 0.466. The molecule has 0 saturated heterocycles. The Morgan fingerprint density at radius 1 is 1.29 bits per heavy atom. The number of aromatic nitrogens is 4. The zero-order valence-corrected chi connectivity index (χ0v) is 12.2. The first-order valence-corrected chi connectivity index (χ1v) is 6.34. The normalized spacial score (nSPS) is 10.9. The van der Waals surface area contributed by atoms with Gasteiger partial charge in [-0.1, -0.05) is 11.6 Å². The van der Waals surface area contributed by atoms with Crippen molar-refractivity contribution in [1.82, 2.24) is 19.7 Å². The third-order valence-electron chi connectivity index (χ3n) is 2.45. The molecule has 0 radical (unpaired) electrons. The summed E-state index contributed by atoms with van der Waals surface area (Å²) in [7, 11) is 0. The van der Waals surface area contributed by atoms with E-state index in [1.165, 1.54) is 0 Å². The second kappa shape index (κ2) is 4.74. The van der Waals surface area contributed by atoms with Gasteiger partial charge in [0.1, 0.15) is 11.7 Å². The average molecular weight is 316 g/mol. The minimum Gasteiger partial charge on any atom is -0.261 e. The fourth-order valence-corrected chi connectivity index (χ4v) is 2.16. The van der Waals surface area contributed by atoms with Gasteiger partial charge in [0.2, 0.25) is 0 Å². The molecule has 17 heavy (non-hydrogen) atoms. The maximum atomic E-state index is 5.90. The summed E-state index contributed by atoms with van der Waals surface area (Å²) in [6.07, 6.45) is 0. The summed E-state index contributed by atoms with van der Waals surface area (Å²) in [6, 6.07) is 1.74. The molecule has 2 heterocycles. The molecule has 0 amide bonds. The Balaban J connectivity index is 2.34. The van der Waals surface area contributed by atoms with Crippen LogP contribution in [0.5, 0.6) is 0 Å². The summed E-state index contributed by atoms with van der Waals surface area (Å²) >= 11 is 9.39. The van der Waals surface area contributed by atoms with Crippen molar-refractivity contribution in [3.8, 4) is 0 Å². The number of nitrogens with zero attached hydrogens (tertiary/aromatic N) is 4. The standard InChI is InChI=1S/C11H12BrClN4/c1-6-4-9(13)15-10(14-6)5-17-8(3)11(12)7(2)16-17/h4H,5H2,1-3H3. The molecule has 2 aromatic rings. The van der Waals surface area contributed by atoms with Gasteiger partial charge in [0, 0.05) is 5.69 Å². The van der Waals surface area contributed by atoms with Gasteiger partial charge in [-0.25, -0.2) is 9.97 Å². The lowest BCUT2D eigenvalue weighted by molar-refractivity contribution is 0.629. The first-order chi connectivity index (χ1) is 7.97. The monoisotopic (exact) mass is 314 g/mol. The Hall–Kier alpha value is -0.940. The van der Waals surface area contributed by atoms with E-state index in [0.717, 1.165) is 21.6 Å². The Morgan fingerprint density at radius 3 is 2.53 bits per heavy atom. The van der Waals surface area contributed by atoms with Crippen molar-refractivity contribution >= 4 is 27.5 Å². The van der Waals surface area contributed by atoms with E-state index in [1.54, 1.807) is 6.07 Å². The topological polar surface area (TPSA) is 43.6 Å². The highest BCUT2D eigenvalue weighted by Gasteiger charge is 2.10. The molecule has 0 bridgehead atoms. The van der Waals surface area contributed by atoms with Crippen molar-refractivity contribution in [2.45, 2.75) is 27.3 Å². The summed E-state index contributed by atoms with van der Waals surface area (Å²) in [6.45, 7) is 6.38. The molecule has 0 spiro atoms. The summed E-state index contributed by atoms with van der Waals surface area (Å²) in [5, 5.41) is 4.88. The Labute approximate surface area is 113 Å². The van der Waals surface area contributed by atoms with Crippen molar-refractivity contribution in [2.75, 3.05) is 0 Å². The van der Waals surface area contributed by atoms with Crippen LogP contribution in [0.1, 0.15) is 22.9 Å². The van der Waals surface area contributed by atoms with E-state index in [2.05, 4.69) is 31.0 Å². The maximum Gasteiger partial charge on any atom is 0.151 e. The molecule has 0 aliphatic carbocycles. The highest BCUT2D eigenvalue weighted by molar-refractivity contribution is 9.10. The minimum absolute atomic E-state index is 0.466. The molecule has 0 aromatic carbocycles. The van der Waals surface area contributed by atoms with Gasteiger partial charge in [-0.15, -0.1) is 0 Å². The van der Waals surface area contributed by atoms with E-state index in [1.807, 2.05) is 25.5 Å². The molecule has 0 unspecified atom stereocenters. The molecule has 90 valence electrons. The zero-order chi connectivity index (χ0) is 12.6. The van der Waals surface area contributed by atoms with Gasteiger partial charge < -0.3 is 0 Å². The van der Waals surface area contributed by atoms with Crippen LogP contribution in [0.2, 0.25) is 5.15 Å². The summed E-state index contributed by atoms with van der Waals surface area (Å²) in [5.41, 5.74) is 2.88. The van der Waals surface area contributed by atoms with E-state index < -0.39 is 0 Å². The van der Waals surface area contributed by atoms with Gasteiger partial charge in [0.25, 0.3) is 0 Å². The van der Waals surface area contributed by atoms with E-state index in [4.69, 9.17) is 11.6 Å². The zero-order valence-electron chi connectivity index (χ0n) is 9.83. The molecule has 0 aliphatic rings. The van der Waals surface area contributed by atoms with E-state index >= 15 is 0 Å². The van der Waals surface area contributed by atoms with E-state index in [9.17, 15) is 0 Å². The molecular weight excluding hydrogens is 304 g/mol. The molecule has 4 nitrogen and oxygen atoms in total. The summed E-state index contributed by atoms with van der Waals surface area (Å²) in [5.74, 6) is 0.674. The lowest BCUT2D eigenvalue weighted by atomic mass is 10.4. The van der Waals surface area contributed by atoms with Crippen LogP contribution >= 0.6 is 27.5 Å². The second-order valence-electron chi connectivity index (χ2n) is 3.89. The first kappa shape index (κ1) is 12.5. The maximum absolute atomic E-state index is 5.90. The molecule has 0 aliphatic heterocycles. The third-order valence-corrected chi connectivity index (χ3v) is 3.79. The lowest BCUT2D eigenvalue weighted by Crippen LogP contribution is -2.08. The smallest absolute Gasteiger partial charge is 0.151 e. The van der Waals surface area contributed by atoms with Gasteiger partial charge in [-0.05, 0) is 42.8 Å². The Morgan fingerprint density at radius 2 is 2.00 bits per heavy atom. The van der Waals surface area contributed by atoms with Gasteiger partial charge >= 0.3 is 0 Å². The number of aryl methyl sites for hydroxylation is 2. The van der Waals surface area contributed by atoms with Crippen molar-refractivity contribution in [3.63, 3.8) is 0 Å². The van der Waals surface area contributed by atoms with Crippen LogP contribution in [0, 0.1) is 20.8 Å². The number of hydrogen-bond donors (Lipinski definition) is 0. The van der Waals surface area contributed by atoms with Gasteiger partial charge in [-0.2, -0.15) is 5.10 Å². The molecule has 2 aromatic heterocycles. The van der Waals surface area contributed by atoms with Crippen LogP contribution in [-0.4, -0.2) is 19.7 Å². The van der Waals surface area contributed by atoms with Crippen LogP contribution in [0.25, 0.3) is 0 Å². The van der Waals surface area contributed by atoms with Crippen molar-refractivity contribution < 1.29 is 0 Å². The molecular formula is C11H12BrClN4. The predicted octanol–water partition coefficient (Wildman–Crippen LogP) is 3.06. The quantitative estimate of drug-likeness (QED) is 0.800. The average Bonchev–Trinajstić information content (AvgIpc) is 2.45. The second-order valence-corrected chi connectivity index (χ2v) is 5.07. The van der Waals surface area contributed by atoms with Crippen LogP contribution < -0.4 is 0 Å². The number of rotatable bonds is 2. The van der Waals surface area contributed by atoms with Crippen LogP contribution in [0.15, 0.2) is 10.5 Å². The Kier molecular flexibility index (Phi) is 3.49.